The summed E-state index contributed by atoms with van der Waals surface area (Å²) < 4.78 is 4.93. The van der Waals surface area contributed by atoms with Crippen molar-refractivity contribution in [2.45, 2.75) is 39.3 Å². The molecule has 28 heavy (non-hydrogen) atoms. The summed E-state index contributed by atoms with van der Waals surface area (Å²) in [4.78, 5) is 26.5. The number of ether oxygens (including phenoxy) is 1. The molecule has 0 spiro atoms. The highest BCUT2D eigenvalue weighted by atomic mass is 16.5. The zero-order valence-electron chi connectivity index (χ0n) is 16.4. The molecule has 0 bridgehead atoms. The fraction of sp³-hybridized carbons (Fsp3) is 0.364. The molecule has 0 aliphatic heterocycles. The van der Waals surface area contributed by atoms with Gasteiger partial charge in [-0.25, -0.2) is 4.79 Å². The lowest BCUT2D eigenvalue weighted by Gasteiger charge is -2.23. The Morgan fingerprint density at radius 3 is 2.46 bits per heavy atom. The minimum atomic E-state index is -0.485. The predicted molar refractivity (Wildman–Crippen MR) is 110 cm³/mol. The normalized spacial score (nSPS) is 12.9. The van der Waals surface area contributed by atoms with Crippen LogP contribution in [0.4, 0.5) is 16.2 Å². The van der Waals surface area contributed by atoms with Crippen LogP contribution >= 0.6 is 0 Å². The highest BCUT2D eigenvalue weighted by Gasteiger charge is 2.32. The molecule has 0 saturated heterocycles. The fourth-order valence-corrected chi connectivity index (χ4v) is 3.10. The average Bonchev–Trinajstić information content (AvgIpc) is 3.52. The van der Waals surface area contributed by atoms with Crippen molar-refractivity contribution in [3.63, 3.8) is 0 Å². The minimum Gasteiger partial charge on any atom is -0.450 e. The summed E-state index contributed by atoms with van der Waals surface area (Å²) in [5, 5.41) is 5.95. The van der Waals surface area contributed by atoms with Crippen LogP contribution in [0.15, 0.2) is 48.5 Å². The summed E-state index contributed by atoms with van der Waals surface area (Å²) in [5.41, 5.74) is 3.49. The molecule has 1 aliphatic rings. The van der Waals surface area contributed by atoms with Gasteiger partial charge in [-0.05, 0) is 49.9 Å². The van der Waals surface area contributed by atoms with Gasteiger partial charge in [-0.3, -0.25) is 10.1 Å². The molecule has 6 nitrogen and oxygen atoms in total. The standard InChI is InChI=1S/C22H27N3O3/c1-3-28-22(27)24-20-11-7-10-19(16(20)2)23-14-21(26)25(18-12-13-18)15-17-8-5-4-6-9-17/h4-11,18,23H,3,12-15H2,1-2H3,(H,24,27). The number of nitrogens with zero attached hydrogens (tertiary/aromatic N) is 1. The predicted octanol–water partition coefficient (Wildman–Crippen LogP) is 4.17. The van der Waals surface area contributed by atoms with Gasteiger partial charge in [-0.1, -0.05) is 36.4 Å². The van der Waals surface area contributed by atoms with Gasteiger partial charge in [0.05, 0.1) is 13.2 Å². The van der Waals surface area contributed by atoms with Crippen molar-refractivity contribution in [1.29, 1.82) is 0 Å². The molecular weight excluding hydrogens is 354 g/mol. The van der Waals surface area contributed by atoms with Crippen molar-refractivity contribution >= 4 is 23.4 Å². The van der Waals surface area contributed by atoms with Gasteiger partial charge in [0.2, 0.25) is 5.91 Å². The lowest BCUT2D eigenvalue weighted by molar-refractivity contribution is -0.130. The van der Waals surface area contributed by atoms with E-state index < -0.39 is 6.09 Å². The van der Waals surface area contributed by atoms with Crippen LogP contribution in [0, 0.1) is 6.92 Å². The summed E-state index contributed by atoms with van der Waals surface area (Å²) >= 11 is 0. The Morgan fingerprint density at radius 2 is 1.79 bits per heavy atom. The lowest BCUT2D eigenvalue weighted by Crippen LogP contribution is -2.36. The molecule has 3 rings (SSSR count). The number of rotatable bonds is 8. The molecule has 1 saturated carbocycles. The number of anilines is 2. The topological polar surface area (TPSA) is 70.7 Å². The van der Waals surface area contributed by atoms with Crippen LogP contribution in [0.3, 0.4) is 0 Å². The summed E-state index contributed by atoms with van der Waals surface area (Å²) in [6.07, 6.45) is 1.65. The molecular formula is C22H27N3O3. The first-order valence-corrected chi connectivity index (χ1v) is 9.69. The Kier molecular flexibility index (Phi) is 6.53. The highest BCUT2D eigenvalue weighted by molar-refractivity contribution is 5.88. The van der Waals surface area contributed by atoms with E-state index >= 15 is 0 Å². The van der Waals surface area contributed by atoms with E-state index in [-0.39, 0.29) is 12.5 Å². The Morgan fingerprint density at radius 1 is 1.07 bits per heavy atom. The number of benzene rings is 2. The van der Waals surface area contributed by atoms with Crippen LogP contribution in [0.25, 0.3) is 0 Å². The Hall–Kier alpha value is -3.02. The van der Waals surface area contributed by atoms with Gasteiger partial charge < -0.3 is 15.0 Å². The maximum absolute atomic E-state index is 12.8. The molecule has 0 atom stereocenters. The fourth-order valence-electron chi connectivity index (χ4n) is 3.10. The van der Waals surface area contributed by atoms with Gasteiger partial charge in [0.1, 0.15) is 0 Å². The van der Waals surface area contributed by atoms with Crippen LogP contribution in [0.2, 0.25) is 0 Å². The van der Waals surface area contributed by atoms with E-state index in [1.54, 1.807) is 6.92 Å². The summed E-state index contributed by atoms with van der Waals surface area (Å²) in [6, 6.07) is 16.0. The van der Waals surface area contributed by atoms with Gasteiger partial charge in [0.15, 0.2) is 0 Å². The number of hydrogen-bond acceptors (Lipinski definition) is 4. The minimum absolute atomic E-state index is 0.0782. The van der Waals surface area contributed by atoms with Crippen molar-refractivity contribution in [2.75, 3.05) is 23.8 Å². The average molecular weight is 381 g/mol. The first-order chi connectivity index (χ1) is 13.6. The van der Waals surface area contributed by atoms with Crippen molar-refractivity contribution in [3.8, 4) is 0 Å². The van der Waals surface area contributed by atoms with Gasteiger partial charge in [0, 0.05) is 24.0 Å². The number of carbonyl (C=O) groups is 2. The summed E-state index contributed by atoms with van der Waals surface area (Å²) in [6.45, 7) is 4.83. The molecule has 0 radical (unpaired) electrons. The van der Waals surface area contributed by atoms with E-state index in [9.17, 15) is 9.59 Å². The van der Waals surface area contributed by atoms with E-state index in [4.69, 9.17) is 4.74 Å². The molecule has 2 aromatic carbocycles. The number of amides is 2. The van der Waals surface area contributed by atoms with Crippen LogP contribution < -0.4 is 10.6 Å². The van der Waals surface area contributed by atoms with Crippen LogP contribution in [-0.4, -0.2) is 36.1 Å². The van der Waals surface area contributed by atoms with Gasteiger partial charge >= 0.3 is 6.09 Å². The molecule has 6 heteroatoms. The largest absolute Gasteiger partial charge is 0.450 e. The van der Waals surface area contributed by atoms with Crippen LogP contribution in [-0.2, 0) is 16.1 Å². The molecule has 2 amide bonds. The molecule has 2 N–H and O–H groups in total. The van der Waals surface area contributed by atoms with E-state index in [0.717, 1.165) is 29.7 Å². The van der Waals surface area contributed by atoms with E-state index in [1.165, 1.54) is 0 Å². The molecule has 0 unspecified atom stereocenters. The molecule has 2 aromatic rings. The second-order valence-corrected chi connectivity index (χ2v) is 6.92. The second-order valence-electron chi connectivity index (χ2n) is 6.92. The second kappa shape index (κ2) is 9.26. The third kappa shape index (κ3) is 5.25. The van der Waals surface area contributed by atoms with E-state index in [0.29, 0.717) is 24.9 Å². The molecule has 148 valence electrons. The van der Waals surface area contributed by atoms with Crippen LogP contribution in [0.5, 0.6) is 0 Å². The number of hydrogen-bond donors (Lipinski definition) is 2. The van der Waals surface area contributed by atoms with Crippen LogP contribution in [0.1, 0.15) is 30.9 Å². The van der Waals surface area contributed by atoms with Crippen molar-refractivity contribution in [1.82, 2.24) is 4.90 Å². The lowest BCUT2D eigenvalue weighted by atomic mass is 10.1. The smallest absolute Gasteiger partial charge is 0.411 e. The Bertz CT molecular complexity index is 819. The maximum atomic E-state index is 12.8. The molecule has 0 aromatic heterocycles. The maximum Gasteiger partial charge on any atom is 0.411 e. The monoisotopic (exact) mass is 381 g/mol. The summed E-state index contributed by atoms with van der Waals surface area (Å²) in [7, 11) is 0. The first-order valence-electron chi connectivity index (χ1n) is 9.69. The SMILES string of the molecule is CCOC(=O)Nc1cccc(NCC(=O)N(Cc2ccccc2)C2CC2)c1C. The van der Waals surface area contributed by atoms with Gasteiger partial charge in [-0.15, -0.1) is 0 Å². The highest BCUT2D eigenvalue weighted by Crippen LogP contribution is 2.29. The van der Waals surface area contributed by atoms with Gasteiger partial charge in [-0.2, -0.15) is 0 Å². The molecule has 1 fully saturated rings. The Labute approximate surface area is 165 Å². The van der Waals surface area contributed by atoms with Crippen molar-refractivity contribution < 1.29 is 14.3 Å². The van der Waals surface area contributed by atoms with Gasteiger partial charge in [0.25, 0.3) is 0 Å². The van der Waals surface area contributed by atoms with E-state index in [1.807, 2.05) is 60.4 Å². The Balaban J connectivity index is 1.62. The number of nitrogens with one attached hydrogen (secondary N) is 2. The first kappa shape index (κ1) is 19.7. The van der Waals surface area contributed by atoms with Crippen molar-refractivity contribution in [2.24, 2.45) is 0 Å². The zero-order chi connectivity index (χ0) is 19.9. The summed E-state index contributed by atoms with van der Waals surface area (Å²) in [5.74, 6) is 0.0782. The third-order valence-corrected chi connectivity index (χ3v) is 4.78. The molecule has 1 aliphatic carbocycles. The van der Waals surface area contributed by atoms with Crippen molar-refractivity contribution in [3.05, 3.63) is 59.7 Å². The third-order valence-electron chi connectivity index (χ3n) is 4.78. The zero-order valence-corrected chi connectivity index (χ0v) is 16.4. The van der Waals surface area contributed by atoms with E-state index in [2.05, 4.69) is 10.6 Å². The quantitative estimate of drug-likeness (QED) is 0.720. The molecule has 0 heterocycles. The number of carbonyl (C=O) groups excluding carboxylic acids is 2.